The van der Waals surface area contributed by atoms with Gasteiger partial charge in [-0.05, 0) is 98.3 Å². The van der Waals surface area contributed by atoms with Crippen LogP contribution in [0.15, 0.2) is 180 Å². The molecule has 0 unspecified atom stereocenters. The molecule has 9 aromatic rings. The van der Waals surface area contributed by atoms with Crippen LogP contribution in [0.2, 0.25) is 0 Å². The van der Waals surface area contributed by atoms with Gasteiger partial charge in [0.15, 0.2) is 0 Å². The fourth-order valence-electron chi connectivity index (χ4n) is 5.66. The summed E-state index contributed by atoms with van der Waals surface area (Å²) in [4.78, 5) is 1.53. The van der Waals surface area contributed by atoms with Crippen LogP contribution in [0.3, 0.4) is 0 Å². The van der Waals surface area contributed by atoms with Crippen LogP contribution in [-0.4, -0.2) is 0 Å². The molecule has 0 radical (unpaired) electrons. The highest BCUT2D eigenvalue weighted by Crippen LogP contribution is 2.39. The Morgan fingerprint density at radius 3 is 1.98 bits per heavy atom. The Hall–Kier alpha value is -6.12. The first kappa shape index (κ1) is 14.8. The Labute approximate surface area is 289 Å². The van der Waals surface area contributed by atoms with Gasteiger partial charge in [0.2, 0.25) is 0 Å². The lowest BCUT2D eigenvalue weighted by molar-refractivity contribution is 0.669. The number of para-hydroxylation sites is 1. The average Bonchev–Trinajstić information content (AvgIpc) is 3.68. The summed E-state index contributed by atoms with van der Waals surface area (Å²) >= 11 is 0. The molecular formula is C44H29NO. The van der Waals surface area contributed by atoms with Crippen molar-refractivity contribution in [3.63, 3.8) is 0 Å². The average molecular weight is 604 g/mol. The molecule has 0 spiro atoms. The molecule has 8 aromatic carbocycles. The zero-order chi connectivity index (χ0) is 44.4. The molecule has 0 aliphatic rings. The molecule has 1 heterocycles. The van der Waals surface area contributed by atoms with Crippen molar-refractivity contribution in [2.24, 2.45) is 0 Å². The van der Waals surface area contributed by atoms with Gasteiger partial charge >= 0.3 is 0 Å². The second-order valence-corrected chi connectivity index (χ2v) is 10.6. The van der Waals surface area contributed by atoms with Gasteiger partial charge in [0.1, 0.15) is 11.2 Å². The molecule has 0 aliphatic carbocycles. The van der Waals surface area contributed by atoms with E-state index in [9.17, 15) is 6.85 Å². The molecule has 0 amide bonds. The van der Waals surface area contributed by atoms with Gasteiger partial charge in [0.05, 0.1) is 21.9 Å². The van der Waals surface area contributed by atoms with Gasteiger partial charge in [-0.1, -0.05) is 121 Å². The minimum atomic E-state index is -0.572. The Bertz CT molecular complexity index is 3380. The van der Waals surface area contributed by atoms with Crippen molar-refractivity contribution < 1.29 is 26.3 Å². The number of benzene rings is 8. The number of fused-ring (bicyclic) bond motifs is 6. The van der Waals surface area contributed by atoms with Crippen LogP contribution in [0.25, 0.3) is 65.7 Å². The van der Waals surface area contributed by atoms with E-state index in [0.717, 1.165) is 10.8 Å². The highest BCUT2D eigenvalue weighted by atomic mass is 16.3. The molecule has 1 aromatic heterocycles. The smallest absolute Gasteiger partial charge is 0.136 e. The number of anilines is 3. The molecule has 46 heavy (non-hydrogen) atoms. The lowest BCUT2D eigenvalue weighted by Crippen LogP contribution is -2.09. The number of hydrogen-bond acceptors (Lipinski definition) is 2. The summed E-state index contributed by atoms with van der Waals surface area (Å²) in [6.45, 7) is 0. The van der Waals surface area contributed by atoms with Gasteiger partial charge in [-0.3, -0.25) is 0 Å². The van der Waals surface area contributed by atoms with Crippen molar-refractivity contribution >= 4 is 60.5 Å². The topological polar surface area (TPSA) is 16.4 Å². The Morgan fingerprint density at radius 1 is 0.435 bits per heavy atom. The molecule has 0 fully saturated rings. The van der Waals surface area contributed by atoms with E-state index in [1.165, 1.54) is 17.0 Å². The number of furan rings is 1. The zero-order valence-corrected chi connectivity index (χ0v) is 23.9. The largest absolute Gasteiger partial charge is 0.456 e. The number of nitrogens with zero attached hydrogens (tertiary/aromatic N) is 1. The van der Waals surface area contributed by atoms with E-state index in [2.05, 4.69) is 0 Å². The van der Waals surface area contributed by atoms with Crippen molar-refractivity contribution in [3.05, 3.63) is 176 Å². The standard InChI is InChI=1S/C44H29NO/c1-2-8-30(9-3-1)32-16-22-37(23-17-32)45(39-26-20-31-10-4-5-11-35(31)28-39)38-24-18-33(19-25-38)36-15-14-34-21-27-43-44(41(34)29-36)40-12-6-7-13-42(40)46-43/h1-29H/i1D,2D,3D,6D,7D,8D,9D,12D,13D,18D,19D,21D,24D,25D,27D,29D. The molecule has 2 nitrogen and oxygen atoms in total. The van der Waals surface area contributed by atoms with Crippen LogP contribution in [0.4, 0.5) is 17.1 Å². The minimum absolute atomic E-state index is 0.0173. The Balaban J connectivity index is 1.28. The van der Waals surface area contributed by atoms with Gasteiger partial charge < -0.3 is 9.32 Å². The maximum Gasteiger partial charge on any atom is 0.136 e. The third-order valence-electron chi connectivity index (χ3n) is 7.85. The van der Waals surface area contributed by atoms with Crippen LogP contribution in [0.1, 0.15) is 21.9 Å². The monoisotopic (exact) mass is 603 g/mol. The Kier molecular flexibility index (Phi) is 3.47. The van der Waals surface area contributed by atoms with Gasteiger partial charge in [0, 0.05) is 27.8 Å². The molecule has 216 valence electrons. The summed E-state index contributed by atoms with van der Waals surface area (Å²) in [5.74, 6) is 0. The SMILES string of the molecule is [2H]c1c([2H])c([2H])c(-c2ccc(N(c3ccc4ccccc4c3)c3c([2H])c([2H])c(-c4ccc5c([2H])c([2H])c6oc7c([2H])c([2H])c([2H])c([2H])c7c6c5c4[2H])c([2H])c3[2H])cc2)c([2H])c1[2H]. The van der Waals surface area contributed by atoms with E-state index in [0.29, 0.717) is 16.9 Å². The van der Waals surface area contributed by atoms with E-state index >= 15 is 0 Å². The van der Waals surface area contributed by atoms with E-state index in [-0.39, 0.29) is 67.2 Å². The molecule has 0 N–H and O–H groups in total. The molecule has 0 saturated carbocycles. The first-order valence-corrected chi connectivity index (χ1v) is 14.4. The van der Waals surface area contributed by atoms with Crippen LogP contribution >= 0.6 is 0 Å². The highest BCUT2D eigenvalue weighted by molar-refractivity contribution is 6.19. The second-order valence-electron chi connectivity index (χ2n) is 10.6. The predicted molar refractivity (Wildman–Crippen MR) is 194 cm³/mol. The first-order chi connectivity index (χ1) is 29.5. The van der Waals surface area contributed by atoms with Crippen LogP contribution in [-0.2, 0) is 0 Å². The molecule has 0 bridgehead atoms. The maximum atomic E-state index is 9.50. The molecule has 0 atom stereocenters. The molecule has 9 rings (SSSR count). The summed E-state index contributed by atoms with van der Waals surface area (Å²) < 4.78 is 146. The summed E-state index contributed by atoms with van der Waals surface area (Å²) in [5, 5.41) is 1.63. The van der Waals surface area contributed by atoms with Crippen LogP contribution in [0.5, 0.6) is 0 Å². The first-order valence-electron chi connectivity index (χ1n) is 22.4. The normalized spacial score (nSPS) is 16.3. The number of hydrogen-bond donors (Lipinski definition) is 0. The minimum Gasteiger partial charge on any atom is -0.456 e. The van der Waals surface area contributed by atoms with Crippen molar-refractivity contribution in [3.8, 4) is 22.3 Å². The molecule has 2 heteroatoms. The third-order valence-corrected chi connectivity index (χ3v) is 7.85. The van der Waals surface area contributed by atoms with Crippen molar-refractivity contribution in [2.45, 2.75) is 0 Å². The Morgan fingerprint density at radius 2 is 1.13 bits per heavy atom. The van der Waals surface area contributed by atoms with Crippen molar-refractivity contribution in [1.82, 2.24) is 0 Å². The summed E-state index contributed by atoms with van der Waals surface area (Å²) in [7, 11) is 0. The van der Waals surface area contributed by atoms with Gasteiger partial charge in [-0.2, -0.15) is 0 Å². The van der Waals surface area contributed by atoms with Gasteiger partial charge in [0.25, 0.3) is 0 Å². The van der Waals surface area contributed by atoms with Gasteiger partial charge in [-0.15, -0.1) is 0 Å². The number of rotatable bonds is 5. The predicted octanol–water partition coefficient (Wildman–Crippen LogP) is 12.7. The maximum absolute atomic E-state index is 9.50. The highest BCUT2D eigenvalue weighted by Gasteiger charge is 2.15. The van der Waals surface area contributed by atoms with E-state index < -0.39 is 84.6 Å². The van der Waals surface area contributed by atoms with Gasteiger partial charge in [-0.25, -0.2) is 0 Å². The lowest BCUT2D eigenvalue weighted by atomic mass is 9.98. The fourth-order valence-corrected chi connectivity index (χ4v) is 5.66. The quantitative estimate of drug-likeness (QED) is 0.195. The van der Waals surface area contributed by atoms with E-state index in [1.807, 2.05) is 36.4 Å². The van der Waals surface area contributed by atoms with E-state index in [4.69, 9.17) is 19.5 Å². The van der Waals surface area contributed by atoms with Crippen molar-refractivity contribution in [1.29, 1.82) is 0 Å². The van der Waals surface area contributed by atoms with Crippen molar-refractivity contribution in [2.75, 3.05) is 4.90 Å². The van der Waals surface area contributed by atoms with Crippen LogP contribution in [0, 0.1) is 0 Å². The fraction of sp³-hybridized carbons (Fsp3) is 0. The molecular weight excluding hydrogens is 558 g/mol. The zero-order valence-electron chi connectivity index (χ0n) is 39.9. The summed E-state index contributed by atoms with van der Waals surface area (Å²) in [6.07, 6.45) is 0. The molecule has 0 aliphatic heterocycles. The molecule has 0 saturated heterocycles. The third kappa shape index (κ3) is 4.51. The second kappa shape index (κ2) is 10.8. The summed E-state index contributed by atoms with van der Waals surface area (Å²) in [5.41, 5.74) is 0.0960. The lowest BCUT2D eigenvalue weighted by Gasteiger charge is -2.26. The summed E-state index contributed by atoms with van der Waals surface area (Å²) in [6, 6.07) is 14.4. The van der Waals surface area contributed by atoms with Crippen LogP contribution < -0.4 is 4.90 Å². The van der Waals surface area contributed by atoms with E-state index in [1.54, 1.807) is 30.3 Å².